The van der Waals surface area contributed by atoms with Crippen molar-refractivity contribution in [3.8, 4) is 0 Å². The Labute approximate surface area is 111 Å². The third kappa shape index (κ3) is 3.79. The van der Waals surface area contributed by atoms with Crippen LogP contribution in [-0.2, 0) is 20.7 Å². The molecule has 5 nitrogen and oxygen atoms in total. The highest BCUT2D eigenvalue weighted by Crippen LogP contribution is 2.12. The minimum Gasteiger partial charge on any atom is -0.480 e. The van der Waals surface area contributed by atoms with Crippen LogP contribution in [-0.4, -0.2) is 35.7 Å². The fourth-order valence-corrected chi connectivity index (χ4v) is 2.10. The van der Waals surface area contributed by atoms with Gasteiger partial charge in [0, 0.05) is 13.0 Å². The molecule has 1 saturated heterocycles. The maximum atomic E-state index is 11.9. The molecule has 1 aromatic carbocycles. The van der Waals surface area contributed by atoms with Gasteiger partial charge in [-0.15, -0.1) is 0 Å². The zero-order valence-electron chi connectivity index (χ0n) is 10.5. The molecule has 5 heteroatoms. The molecule has 1 amide bonds. The smallest absolute Gasteiger partial charge is 0.326 e. The number of aliphatic carboxylic acids is 1. The van der Waals surface area contributed by atoms with Gasteiger partial charge in [0.25, 0.3) is 0 Å². The highest BCUT2D eigenvalue weighted by Gasteiger charge is 2.28. The largest absolute Gasteiger partial charge is 0.480 e. The summed E-state index contributed by atoms with van der Waals surface area (Å²) in [6.45, 7) is 0.564. The number of carbonyl (C=O) groups is 2. The van der Waals surface area contributed by atoms with Crippen LogP contribution in [0.15, 0.2) is 30.3 Å². The summed E-state index contributed by atoms with van der Waals surface area (Å²) in [6, 6.07) is 8.32. The van der Waals surface area contributed by atoms with Crippen LogP contribution in [0.25, 0.3) is 0 Å². The van der Waals surface area contributed by atoms with Crippen molar-refractivity contribution in [1.82, 2.24) is 5.32 Å². The van der Waals surface area contributed by atoms with Gasteiger partial charge < -0.3 is 15.2 Å². The minimum absolute atomic E-state index is 0.272. The molecule has 0 aromatic heterocycles. The molecule has 2 rings (SSSR count). The molecule has 102 valence electrons. The SMILES string of the molecule is O=C(O)C(Cc1ccccc1)NC(=O)C1CCCO1. The van der Waals surface area contributed by atoms with Gasteiger partial charge in [0.2, 0.25) is 5.91 Å². The minimum atomic E-state index is -1.03. The monoisotopic (exact) mass is 263 g/mol. The fraction of sp³-hybridized carbons (Fsp3) is 0.429. The predicted octanol–water partition coefficient (Wildman–Crippen LogP) is 0.977. The molecular formula is C14H17NO4. The van der Waals surface area contributed by atoms with Crippen molar-refractivity contribution in [2.75, 3.05) is 6.61 Å². The Morgan fingerprint density at radius 3 is 2.68 bits per heavy atom. The second-order valence-corrected chi connectivity index (χ2v) is 4.59. The van der Waals surface area contributed by atoms with Crippen molar-refractivity contribution in [1.29, 1.82) is 0 Å². The summed E-state index contributed by atoms with van der Waals surface area (Å²) in [5.74, 6) is -1.36. The van der Waals surface area contributed by atoms with Gasteiger partial charge in [0.1, 0.15) is 12.1 Å². The van der Waals surface area contributed by atoms with Crippen molar-refractivity contribution < 1.29 is 19.4 Å². The lowest BCUT2D eigenvalue weighted by Gasteiger charge is -2.17. The normalized spacial score (nSPS) is 19.9. The summed E-state index contributed by atoms with van der Waals surface area (Å²) in [5.41, 5.74) is 0.877. The van der Waals surface area contributed by atoms with Crippen LogP contribution < -0.4 is 5.32 Å². The highest BCUT2D eigenvalue weighted by atomic mass is 16.5. The van der Waals surface area contributed by atoms with E-state index in [9.17, 15) is 14.7 Å². The molecule has 2 N–H and O–H groups in total. The van der Waals surface area contributed by atoms with Crippen LogP contribution in [0.5, 0.6) is 0 Å². The molecule has 19 heavy (non-hydrogen) atoms. The van der Waals surface area contributed by atoms with Gasteiger partial charge >= 0.3 is 5.97 Å². The third-order valence-corrected chi connectivity index (χ3v) is 3.12. The van der Waals surface area contributed by atoms with Crippen molar-refractivity contribution in [3.05, 3.63) is 35.9 Å². The third-order valence-electron chi connectivity index (χ3n) is 3.12. The first-order chi connectivity index (χ1) is 9.16. The number of carboxylic acids is 1. The van der Waals surface area contributed by atoms with Gasteiger partial charge in [-0.05, 0) is 18.4 Å². The fourth-order valence-electron chi connectivity index (χ4n) is 2.10. The molecule has 0 aliphatic carbocycles. The molecule has 0 radical (unpaired) electrons. The van der Waals surface area contributed by atoms with Gasteiger partial charge in [-0.25, -0.2) is 4.79 Å². The highest BCUT2D eigenvalue weighted by molar-refractivity contribution is 5.86. The average molecular weight is 263 g/mol. The Morgan fingerprint density at radius 1 is 1.37 bits per heavy atom. The summed E-state index contributed by atoms with van der Waals surface area (Å²) in [6.07, 6.45) is 1.27. The lowest BCUT2D eigenvalue weighted by atomic mass is 10.1. The quantitative estimate of drug-likeness (QED) is 0.830. The second kappa shape index (κ2) is 6.33. The standard InChI is InChI=1S/C14H17NO4/c16-13(12-7-4-8-19-12)15-11(14(17)18)9-10-5-2-1-3-6-10/h1-3,5-6,11-12H,4,7-9H2,(H,15,16)(H,17,18). The number of amides is 1. The van der Waals surface area contributed by atoms with E-state index in [1.807, 2.05) is 30.3 Å². The van der Waals surface area contributed by atoms with Gasteiger partial charge in [-0.1, -0.05) is 30.3 Å². The molecule has 1 fully saturated rings. The van der Waals surface area contributed by atoms with E-state index in [0.29, 0.717) is 13.0 Å². The predicted molar refractivity (Wildman–Crippen MR) is 68.7 cm³/mol. The Morgan fingerprint density at radius 2 is 2.11 bits per heavy atom. The van der Waals surface area contributed by atoms with Gasteiger partial charge in [0.15, 0.2) is 0 Å². The molecule has 0 spiro atoms. The van der Waals surface area contributed by atoms with E-state index in [4.69, 9.17) is 4.74 Å². The lowest BCUT2D eigenvalue weighted by Crippen LogP contribution is -2.46. The van der Waals surface area contributed by atoms with Crippen LogP contribution in [0, 0.1) is 0 Å². The van der Waals surface area contributed by atoms with Gasteiger partial charge in [0.05, 0.1) is 0 Å². The lowest BCUT2D eigenvalue weighted by molar-refractivity contribution is -0.143. The second-order valence-electron chi connectivity index (χ2n) is 4.59. The molecular weight excluding hydrogens is 246 g/mol. The van der Waals surface area contributed by atoms with E-state index >= 15 is 0 Å². The molecule has 1 aliphatic rings. The number of rotatable bonds is 5. The summed E-state index contributed by atoms with van der Waals surface area (Å²) >= 11 is 0. The van der Waals surface area contributed by atoms with Crippen LogP contribution in [0.1, 0.15) is 18.4 Å². The van der Waals surface area contributed by atoms with Gasteiger partial charge in [-0.2, -0.15) is 0 Å². The zero-order chi connectivity index (χ0) is 13.7. The zero-order valence-corrected chi connectivity index (χ0v) is 10.5. The van der Waals surface area contributed by atoms with Crippen LogP contribution >= 0.6 is 0 Å². The summed E-state index contributed by atoms with van der Waals surface area (Å²) < 4.78 is 5.24. The van der Waals surface area contributed by atoms with E-state index in [0.717, 1.165) is 12.0 Å². The number of benzene rings is 1. The van der Waals surface area contributed by atoms with E-state index in [2.05, 4.69) is 5.32 Å². The van der Waals surface area contributed by atoms with E-state index < -0.39 is 18.1 Å². The number of hydrogen-bond acceptors (Lipinski definition) is 3. The van der Waals surface area contributed by atoms with E-state index in [1.165, 1.54) is 0 Å². The van der Waals surface area contributed by atoms with Crippen LogP contribution in [0.2, 0.25) is 0 Å². The number of carbonyl (C=O) groups excluding carboxylic acids is 1. The summed E-state index contributed by atoms with van der Waals surface area (Å²) in [5, 5.41) is 11.7. The molecule has 1 aliphatic heterocycles. The van der Waals surface area contributed by atoms with Gasteiger partial charge in [-0.3, -0.25) is 4.79 Å². The Bertz CT molecular complexity index is 440. The molecule has 2 unspecified atom stereocenters. The first-order valence-electron chi connectivity index (χ1n) is 6.35. The van der Waals surface area contributed by atoms with Crippen molar-refractivity contribution in [2.24, 2.45) is 0 Å². The maximum absolute atomic E-state index is 11.9. The number of nitrogens with one attached hydrogen (secondary N) is 1. The van der Waals surface area contributed by atoms with Crippen LogP contribution in [0.4, 0.5) is 0 Å². The van der Waals surface area contributed by atoms with Crippen LogP contribution in [0.3, 0.4) is 0 Å². The number of hydrogen-bond donors (Lipinski definition) is 2. The molecule has 2 atom stereocenters. The first kappa shape index (κ1) is 13.5. The first-order valence-corrected chi connectivity index (χ1v) is 6.35. The molecule has 0 bridgehead atoms. The molecule has 1 aromatic rings. The topological polar surface area (TPSA) is 75.6 Å². The number of ether oxygens (including phenoxy) is 1. The Kier molecular flexibility index (Phi) is 4.52. The molecule has 1 heterocycles. The number of carboxylic acid groups (broad SMARTS) is 1. The van der Waals surface area contributed by atoms with E-state index in [1.54, 1.807) is 0 Å². The Hall–Kier alpha value is -1.88. The maximum Gasteiger partial charge on any atom is 0.326 e. The van der Waals surface area contributed by atoms with Crippen molar-refractivity contribution in [2.45, 2.75) is 31.4 Å². The summed E-state index contributed by atoms with van der Waals surface area (Å²) in [7, 11) is 0. The van der Waals surface area contributed by atoms with Crippen molar-refractivity contribution in [3.63, 3.8) is 0 Å². The summed E-state index contributed by atoms with van der Waals surface area (Å²) in [4.78, 5) is 23.0. The Balaban J connectivity index is 1.96. The van der Waals surface area contributed by atoms with Crippen molar-refractivity contribution >= 4 is 11.9 Å². The van der Waals surface area contributed by atoms with E-state index in [-0.39, 0.29) is 12.3 Å². The average Bonchev–Trinajstić information content (AvgIpc) is 2.93. The molecule has 0 saturated carbocycles.